The molecule has 4 nitrogen and oxygen atoms in total. The van der Waals surface area contributed by atoms with Crippen molar-refractivity contribution in [2.45, 2.75) is 26.8 Å². The van der Waals surface area contributed by atoms with E-state index in [1.165, 1.54) is 0 Å². The van der Waals surface area contributed by atoms with Crippen molar-refractivity contribution >= 4 is 11.6 Å². The predicted octanol–water partition coefficient (Wildman–Crippen LogP) is 4.83. The van der Waals surface area contributed by atoms with Crippen LogP contribution in [0.3, 0.4) is 0 Å². The van der Waals surface area contributed by atoms with Crippen LogP contribution in [0.5, 0.6) is 0 Å². The number of rotatable bonds is 10. The van der Waals surface area contributed by atoms with Crippen molar-refractivity contribution in [1.82, 2.24) is 10.8 Å². The van der Waals surface area contributed by atoms with Gasteiger partial charge in [0.05, 0.1) is 5.70 Å². The van der Waals surface area contributed by atoms with Gasteiger partial charge >= 0.3 is 0 Å². The molecule has 0 heterocycles. The Hall–Kier alpha value is -3.11. The zero-order chi connectivity index (χ0) is 20.1. The Morgan fingerprint density at radius 1 is 1.11 bits per heavy atom. The van der Waals surface area contributed by atoms with Crippen LogP contribution in [-0.4, -0.2) is 11.1 Å². The highest BCUT2D eigenvalue weighted by Gasteiger charge is 2.03. The molecule has 0 atom stereocenters. The molecule has 0 fully saturated rings. The molecule has 0 bridgehead atoms. The summed E-state index contributed by atoms with van der Waals surface area (Å²) in [5.74, 6) is -0.106. The van der Waals surface area contributed by atoms with Crippen LogP contribution in [0, 0.1) is 0 Å². The van der Waals surface area contributed by atoms with Crippen LogP contribution in [0.15, 0.2) is 91.1 Å². The van der Waals surface area contributed by atoms with E-state index < -0.39 is 0 Å². The van der Waals surface area contributed by atoms with E-state index in [4.69, 9.17) is 5.21 Å². The van der Waals surface area contributed by atoms with Gasteiger partial charge in [-0.3, -0.25) is 15.5 Å². The van der Waals surface area contributed by atoms with Crippen molar-refractivity contribution in [3.05, 3.63) is 102 Å². The Morgan fingerprint density at radius 3 is 2.33 bits per heavy atom. The van der Waals surface area contributed by atoms with Crippen LogP contribution < -0.4 is 10.8 Å². The van der Waals surface area contributed by atoms with Crippen molar-refractivity contribution in [3.63, 3.8) is 0 Å². The number of hydroxylamine groups is 1. The first-order valence-electron chi connectivity index (χ1n) is 8.73. The van der Waals surface area contributed by atoms with Gasteiger partial charge < -0.3 is 5.32 Å². The van der Waals surface area contributed by atoms with Gasteiger partial charge in [0.2, 0.25) is 5.91 Å². The van der Waals surface area contributed by atoms with E-state index in [1.54, 1.807) is 13.0 Å². The molecule has 27 heavy (non-hydrogen) atoms. The topological polar surface area (TPSA) is 61.4 Å². The fourth-order valence-electron chi connectivity index (χ4n) is 2.02. The van der Waals surface area contributed by atoms with Gasteiger partial charge in [-0.25, -0.2) is 0 Å². The lowest BCUT2D eigenvalue weighted by Gasteiger charge is -2.07. The molecule has 0 aliphatic carbocycles. The fraction of sp³-hybridized carbons (Fsp3) is 0.174. The third kappa shape index (κ3) is 8.70. The van der Waals surface area contributed by atoms with Gasteiger partial charge in [-0.15, -0.1) is 0 Å². The van der Waals surface area contributed by atoms with Gasteiger partial charge in [0.25, 0.3) is 0 Å². The lowest BCUT2D eigenvalue weighted by molar-refractivity contribution is -0.117. The number of allylic oxidation sites excluding steroid dienone is 8. The molecule has 1 aromatic carbocycles. The van der Waals surface area contributed by atoms with E-state index in [0.717, 1.165) is 23.1 Å². The minimum atomic E-state index is -0.106. The molecule has 0 saturated heterocycles. The number of hydrogen-bond acceptors (Lipinski definition) is 3. The number of nitrogens with one attached hydrogen (secondary N) is 2. The van der Waals surface area contributed by atoms with Crippen molar-refractivity contribution in [2.75, 3.05) is 0 Å². The molecule has 4 heteroatoms. The number of benzene rings is 1. The first kappa shape index (κ1) is 21.9. The summed E-state index contributed by atoms with van der Waals surface area (Å²) in [6.07, 6.45) is 14.3. The Morgan fingerprint density at radius 2 is 1.74 bits per heavy atom. The van der Waals surface area contributed by atoms with E-state index >= 15 is 0 Å². The maximum Gasteiger partial charge on any atom is 0.247 e. The van der Waals surface area contributed by atoms with E-state index in [1.807, 2.05) is 73.1 Å². The standard InChI is InChI=1S/C23H28N2O2/c1-5-18(2)11-9-7-6-8-10-12-19(3)23(26)24-17-21-13-15-22(16-14-21)20(4)25-27/h5,7-16,25,27H,1,4,6,17H2,2-3H3,(H,24,26)/b9-7?,10-8+,18-11+,19-12+. The second-order valence-corrected chi connectivity index (χ2v) is 6.03. The smallest absolute Gasteiger partial charge is 0.247 e. The highest BCUT2D eigenvalue weighted by atomic mass is 16.5. The molecule has 0 aromatic heterocycles. The Labute approximate surface area is 162 Å². The summed E-state index contributed by atoms with van der Waals surface area (Å²) in [4.78, 5) is 12.1. The van der Waals surface area contributed by atoms with Gasteiger partial charge in [0, 0.05) is 12.1 Å². The quantitative estimate of drug-likeness (QED) is 0.316. The molecular formula is C23H28N2O2. The third-order valence-electron chi connectivity index (χ3n) is 3.82. The molecule has 0 radical (unpaired) electrons. The summed E-state index contributed by atoms with van der Waals surface area (Å²) in [5.41, 5.74) is 5.97. The first-order valence-corrected chi connectivity index (χ1v) is 8.73. The molecule has 0 spiro atoms. The first-order chi connectivity index (χ1) is 13.0. The summed E-state index contributed by atoms with van der Waals surface area (Å²) < 4.78 is 0. The molecule has 142 valence electrons. The monoisotopic (exact) mass is 364 g/mol. The molecular weight excluding hydrogens is 336 g/mol. The second-order valence-electron chi connectivity index (χ2n) is 6.03. The van der Waals surface area contributed by atoms with Gasteiger partial charge in [-0.05, 0) is 31.4 Å². The highest BCUT2D eigenvalue weighted by Crippen LogP contribution is 2.10. The van der Waals surface area contributed by atoms with Crippen LogP contribution in [0.2, 0.25) is 0 Å². The maximum atomic E-state index is 12.1. The maximum absolute atomic E-state index is 12.1. The largest absolute Gasteiger partial charge is 0.348 e. The van der Waals surface area contributed by atoms with Gasteiger partial charge in [-0.1, -0.05) is 85.5 Å². The SMILES string of the molecule is C=C/C(C)=C/C=CC/C=C/C=C(\C)C(=O)NCc1ccc(C(=C)NO)cc1. The average Bonchev–Trinajstić information content (AvgIpc) is 2.70. The Balaban J connectivity index is 2.45. The summed E-state index contributed by atoms with van der Waals surface area (Å²) >= 11 is 0. The van der Waals surface area contributed by atoms with Crippen molar-refractivity contribution < 1.29 is 10.0 Å². The molecule has 0 aliphatic rings. The Bertz CT molecular complexity index is 766. The third-order valence-corrected chi connectivity index (χ3v) is 3.82. The minimum Gasteiger partial charge on any atom is -0.348 e. The summed E-state index contributed by atoms with van der Waals surface area (Å²) in [5, 5.41) is 11.7. The predicted molar refractivity (Wildman–Crippen MR) is 113 cm³/mol. The van der Waals surface area contributed by atoms with Crippen LogP contribution in [0.1, 0.15) is 31.4 Å². The van der Waals surface area contributed by atoms with Crippen LogP contribution in [-0.2, 0) is 11.3 Å². The molecule has 1 aromatic rings. The lowest BCUT2D eigenvalue weighted by Crippen LogP contribution is -2.23. The van der Waals surface area contributed by atoms with Gasteiger partial charge in [-0.2, -0.15) is 0 Å². The zero-order valence-corrected chi connectivity index (χ0v) is 16.0. The summed E-state index contributed by atoms with van der Waals surface area (Å²) in [7, 11) is 0. The summed E-state index contributed by atoms with van der Waals surface area (Å²) in [6, 6.07) is 7.42. The highest BCUT2D eigenvalue weighted by molar-refractivity contribution is 5.93. The Kier molecular flexibility index (Phi) is 9.97. The summed E-state index contributed by atoms with van der Waals surface area (Å²) in [6.45, 7) is 11.6. The van der Waals surface area contributed by atoms with Crippen LogP contribution >= 0.6 is 0 Å². The number of carbonyl (C=O) groups excluding carboxylic acids is 1. The van der Waals surface area contributed by atoms with Crippen LogP contribution in [0.25, 0.3) is 5.70 Å². The zero-order valence-electron chi connectivity index (χ0n) is 16.0. The molecule has 3 N–H and O–H groups in total. The van der Waals surface area contributed by atoms with Gasteiger partial charge in [0.1, 0.15) is 0 Å². The van der Waals surface area contributed by atoms with Crippen molar-refractivity contribution in [2.24, 2.45) is 0 Å². The molecule has 1 amide bonds. The van der Waals surface area contributed by atoms with Crippen molar-refractivity contribution in [3.8, 4) is 0 Å². The van der Waals surface area contributed by atoms with Gasteiger partial charge in [0.15, 0.2) is 0 Å². The second kappa shape index (κ2) is 12.3. The molecule has 0 aliphatic heterocycles. The minimum absolute atomic E-state index is 0.106. The number of carbonyl (C=O) groups is 1. The number of amides is 1. The van der Waals surface area contributed by atoms with E-state index in [2.05, 4.69) is 18.5 Å². The van der Waals surface area contributed by atoms with Crippen LogP contribution in [0.4, 0.5) is 0 Å². The molecule has 0 unspecified atom stereocenters. The number of hydrogen-bond donors (Lipinski definition) is 3. The fourth-order valence-corrected chi connectivity index (χ4v) is 2.02. The van der Waals surface area contributed by atoms with E-state index in [-0.39, 0.29) is 5.91 Å². The van der Waals surface area contributed by atoms with E-state index in [0.29, 0.717) is 17.8 Å². The molecule has 0 saturated carbocycles. The van der Waals surface area contributed by atoms with E-state index in [9.17, 15) is 4.79 Å². The lowest BCUT2D eigenvalue weighted by atomic mass is 10.1. The normalized spacial score (nSPS) is 12.4. The van der Waals surface area contributed by atoms with Crippen molar-refractivity contribution in [1.29, 1.82) is 0 Å². The average molecular weight is 364 g/mol. The molecule has 1 rings (SSSR count).